The van der Waals surface area contributed by atoms with Crippen LogP contribution in [0.2, 0.25) is 0 Å². The fraction of sp³-hybridized carbons (Fsp3) is 0.909. The van der Waals surface area contributed by atoms with Crippen LogP contribution in [0.4, 0.5) is 0 Å². The van der Waals surface area contributed by atoms with Crippen molar-refractivity contribution in [3.05, 3.63) is 0 Å². The molecule has 0 spiro atoms. The molecule has 0 aromatic carbocycles. The van der Waals surface area contributed by atoms with E-state index in [9.17, 15) is 4.79 Å². The van der Waals surface area contributed by atoms with Crippen LogP contribution < -0.4 is 11.1 Å². The molecule has 0 saturated heterocycles. The van der Waals surface area contributed by atoms with Gasteiger partial charge in [0.15, 0.2) is 0 Å². The summed E-state index contributed by atoms with van der Waals surface area (Å²) in [5.74, 6) is -0.0732. The number of hydrogen-bond donors (Lipinski definition) is 3. The molecule has 4 nitrogen and oxygen atoms in total. The lowest BCUT2D eigenvalue weighted by Gasteiger charge is -2.37. The molecule has 0 bridgehead atoms. The summed E-state index contributed by atoms with van der Waals surface area (Å²) in [7, 11) is 0. The molecule has 4 N–H and O–H groups in total. The normalized spacial score (nSPS) is 14.9. The molecule has 15 heavy (non-hydrogen) atoms. The van der Waals surface area contributed by atoms with Crippen LogP contribution in [0.5, 0.6) is 0 Å². The largest absolute Gasteiger partial charge is 0.396 e. The van der Waals surface area contributed by atoms with Crippen molar-refractivity contribution in [2.75, 3.05) is 6.61 Å². The van der Waals surface area contributed by atoms with Gasteiger partial charge < -0.3 is 16.2 Å². The lowest BCUT2D eigenvalue weighted by molar-refractivity contribution is -0.132. The fourth-order valence-electron chi connectivity index (χ4n) is 0.963. The summed E-state index contributed by atoms with van der Waals surface area (Å²) in [6, 6.07) is -0.0240. The average Bonchev–Trinajstić information content (AvgIpc) is 2.02. The Labute approximate surface area is 92.2 Å². The lowest BCUT2D eigenvalue weighted by Crippen LogP contribution is -2.56. The molecule has 0 aromatic heterocycles. The smallest absolute Gasteiger partial charge is 0.227 e. The second kappa shape index (κ2) is 4.94. The molecule has 90 valence electrons. The minimum Gasteiger partial charge on any atom is -0.396 e. The Morgan fingerprint density at radius 1 is 1.40 bits per heavy atom. The highest BCUT2D eigenvalue weighted by molar-refractivity contribution is 5.83. The Balaban J connectivity index is 4.45. The maximum Gasteiger partial charge on any atom is 0.227 e. The van der Waals surface area contributed by atoms with E-state index in [0.717, 1.165) is 0 Å². The Bertz CT molecular complexity index is 219. The Morgan fingerprint density at radius 3 is 2.20 bits per heavy atom. The second-order valence-electron chi connectivity index (χ2n) is 5.23. The molecule has 0 aliphatic heterocycles. The third kappa shape index (κ3) is 3.80. The van der Waals surface area contributed by atoms with E-state index in [2.05, 4.69) is 5.32 Å². The summed E-state index contributed by atoms with van der Waals surface area (Å²) < 4.78 is 0. The molecular weight excluding hydrogens is 192 g/mol. The molecule has 0 aliphatic rings. The van der Waals surface area contributed by atoms with Gasteiger partial charge in [-0.2, -0.15) is 0 Å². The molecule has 1 amide bonds. The van der Waals surface area contributed by atoms with Crippen LogP contribution in [0, 0.1) is 5.41 Å². The first kappa shape index (κ1) is 14.4. The maximum absolute atomic E-state index is 11.9. The first-order valence-electron chi connectivity index (χ1n) is 5.33. The molecule has 1 atom stereocenters. The minimum absolute atomic E-state index is 0.0240. The minimum atomic E-state index is -0.628. The van der Waals surface area contributed by atoms with Crippen LogP contribution in [0.3, 0.4) is 0 Å². The van der Waals surface area contributed by atoms with Crippen LogP contribution in [-0.4, -0.2) is 29.2 Å². The lowest BCUT2D eigenvalue weighted by atomic mass is 9.74. The van der Waals surface area contributed by atoms with Gasteiger partial charge in [-0.3, -0.25) is 4.79 Å². The zero-order chi connectivity index (χ0) is 12.3. The van der Waals surface area contributed by atoms with E-state index >= 15 is 0 Å². The van der Waals surface area contributed by atoms with E-state index < -0.39 is 11.0 Å². The van der Waals surface area contributed by atoms with Gasteiger partial charge in [0.05, 0.1) is 5.41 Å². The van der Waals surface area contributed by atoms with Crippen LogP contribution in [-0.2, 0) is 4.79 Å². The number of hydrogen-bond acceptors (Lipinski definition) is 3. The van der Waals surface area contributed by atoms with E-state index in [-0.39, 0.29) is 18.6 Å². The van der Waals surface area contributed by atoms with Crippen LogP contribution >= 0.6 is 0 Å². The second-order valence-corrected chi connectivity index (χ2v) is 5.23. The van der Waals surface area contributed by atoms with E-state index in [0.29, 0.717) is 6.42 Å². The molecule has 0 heterocycles. The number of carbonyl (C=O) groups is 1. The number of aliphatic hydroxyl groups excluding tert-OH is 1. The van der Waals surface area contributed by atoms with Crippen LogP contribution in [0.25, 0.3) is 0 Å². The van der Waals surface area contributed by atoms with Crippen molar-refractivity contribution in [1.82, 2.24) is 5.32 Å². The Kier molecular flexibility index (Phi) is 4.74. The molecule has 0 aromatic rings. The molecule has 0 saturated carbocycles. The Morgan fingerprint density at radius 2 is 1.87 bits per heavy atom. The van der Waals surface area contributed by atoms with Crippen molar-refractivity contribution >= 4 is 5.91 Å². The predicted octanol–water partition coefficient (Wildman–Crippen LogP) is 0.637. The predicted molar refractivity (Wildman–Crippen MR) is 61.4 cm³/mol. The van der Waals surface area contributed by atoms with Crippen molar-refractivity contribution in [1.29, 1.82) is 0 Å². The molecular formula is C11H24N2O2. The van der Waals surface area contributed by atoms with Gasteiger partial charge in [0.25, 0.3) is 0 Å². The van der Waals surface area contributed by atoms with Crippen molar-refractivity contribution in [2.24, 2.45) is 11.1 Å². The monoisotopic (exact) mass is 216 g/mol. The Hall–Kier alpha value is -0.610. The molecule has 0 fully saturated rings. The maximum atomic E-state index is 11.9. The van der Waals surface area contributed by atoms with E-state index in [1.165, 1.54) is 0 Å². The van der Waals surface area contributed by atoms with Gasteiger partial charge in [0, 0.05) is 18.2 Å². The van der Waals surface area contributed by atoms with E-state index in [1.807, 2.05) is 34.6 Å². The number of aliphatic hydroxyl groups is 1. The summed E-state index contributed by atoms with van der Waals surface area (Å²) in [6.45, 7) is 9.27. The summed E-state index contributed by atoms with van der Waals surface area (Å²) >= 11 is 0. The summed E-state index contributed by atoms with van der Waals surface area (Å²) in [4.78, 5) is 11.9. The first-order chi connectivity index (χ1) is 6.63. The fourth-order valence-corrected chi connectivity index (χ4v) is 0.963. The van der Waals surface area contributed by atoms with Crippen molar-refractivity contribution in [3.63, 3.8) is 0 Å². The third-order valence-corrected chi connectivity index (χ3v) is 3.12. The number of rotatable bonds is 5. The first-order valence-corrected chi connectivity index (χ1v) is 5.33. The van der Waals surface area contributed by atoms with Crippen molar-refractivity contribution in [2.45, 2.75) is 52.6 Å². The van der Waals surface area contributed by atoms with Gasteiger partial charge in [-0.25, -0.2) is 0 Å². The van der Waals surface area contributed by atoms with E-state index in [1.54, 1.807) is 0 Å². The quantitative estimate of drug-likeness (QED) is 0.631. The molecule has 4 heteroatoms. The van der Waals surface area contributed by atoms with Gasteiger partial charge in [0.1, 0.15) is 0 Å². The van der Waals surface area contributed by atoms with Gasteiger partial charge in [-0.05, 0) is 41.0 Å². The zero-order valence-electron chi connectivity index (χ0n) is 10.4. The number of amides is 1. The summed E-state index contributed by atoms with van der Waals surface area (Å²) in [6.07, 6.45) is 0.562. The van der Waals surface area contributed by atoms with Crippen molar-refractivity contribution < 1.29 is 9.90 Å². The topological polar surface area (TPSA) is 75.3 Å². The zero-order valence-corrected chi connectivity index (χ0v) is 10.4. The highest BCUT2D eigenvalue weighted by Crippen LogP contribution is 2.28. The molecule has 0 aliphatic carbocycles. The molecule has 1 unspecified atom stereocenters. The summed E-state index contributed by atoms with van der Waals surface area (Å²) in [5.41, 5.74) is 4.75. The number of nitrogens with two attached hydrogens (primary N) is 1. The summed E-state index contributed by atoms with van der Waals surface area (Å²) in [5, 5.41) is 11.6. The van der Waals surface area contributed by atoms with Gasteiger partial charge in [0.2, 0.25) is 5.91 Å². The highest BCUT2D eigenvalue weighted by Gasteiger charge is 2.40. The number of carbonyl (C=O) groups excluding carboxylic acids is 1. The average molecular weight is 216 g/mol. The molecule has 0 radical (unpaired) electrons. The molecule has 0 rings (SSSR count). The van der Waals surface area contributed by atoms with Gasteiger partial charge >= 0.3 is 0 Å². The van der Waals surface area contributed by atoms with E-state index in [4.69, 9.17) is 10.8 Å². The third-order valence-electron chi connectivity index (χ3n) is 3.12. The van der Waals surface area contributed by atoms with Crippen LogP contribution in [0.15, 0.2) is 0 Å². The van der Waals surface area contributed by atoms with Gasteiger partial charge in [-0.1, -0.05) is 0 Å². The highest BCUT2D eigenvalue weighted by atomic mass is 16.3. The number of nitrogens with one attached hydrogen (secondary N) is 1. The van der Waals surface area contributed by atoms with Gasteiger partial charge in [-0.15, -0.1) is 0 Å². The van der Waals surface area contributed by atoms with Crippen molar-refractivity contribution in [3.8, 4) is 0 Å². The standard InChI is InChI=1S/C11H24N2O2/c1-8(6-7-14)13-9(15)10(2,3)11(4,5)12/h8,14H,6-7,12H2,1-5H3,(H,13,15). The van der Waals surface area contributed by atoms with Crippen LogP contribution in [0.1, 0.15) is 41.0 Å². The SMILES string of the molecule is CC(CCO)NC(=O)C(C)(C)C(C)(C)N.